The summed E-state index contributed by atoms with van der Waals surface area (Å²) >= 11 is 0.624. The molecular weight excluding hydrogens is 285 g/mol. The van der Waals surface area contributed by atoms with E-state index in [1.807, 2.05) is 0 Å². The monoisotopic (exact) mass is 298 g/mol. The molecule has 0 radical (unpaired) electrons. The molecule has 0 spiro atoms. The first-order valence-corrected chi connectivity index (χ1v) is 6.23. The van der Waals surface area contributed by atoms with Crippen molar-refractivity contribution in [3.63, 3.8) is 0 Å². The van der Waals surface area contributed by atoms with E-state index in [4.69, 9.17) is 0 Å². The van der Waals surface area contributed by atoms with Crippen LogP contribution in [0.5, 0.6) is 0 Å². The van der Waals surface area contributed by atoms with E-state index in [1.165, 1.54) is 6.92 Å². The van der Waals surface area contributed by atoms with Gasteiger partial charge in [-0.15, -0.1) is 11.3 Å². The third-order valence-electron chi connectivity index (χ3n) is 2.24. The number of carbonyl (C=O) groups excluding carboxylic acids is 1. The predicted octanol–water partition coefficient (Wildman–Crippen LogP) is 1.08. The van der Waals surface area contributed by atoms with Crippen molar-refractivity contribution < 1.29 is 28.2 Å². The highest BCUT2D eigenvalue weighted by atomic mass is 32.1. The predicted molar refractivity (Wildman–Crippen MR) is 61.4 cm³/mol. The number of hydrogen-bond acceptors (Lipinski definition) is 5. The van der Waals surface area contributed by atoms with Gasteiger partial charge in [0.05, 0.1) is 6.10 Å². The van der Waals surface area contributed by atoms with Gasteiger partial charge in [0.15, 0.2) is 5.69 Å². The lowest BCUT2D eigenvalue weighted by molar-refractivity contribution is -0.141. The molecule has 3 N–H and O–H groups in total. The van der Waals surface area contributed by atoms with E-state index in [-0.39, 0.29) is 23.9 Å². The molecule has 0 aliphatic carbocycles. The molecule has 1 amide bonds. The molecule has 0 saturated carbocycles. The Morgan fingerprint density at radius 2 is 2.16 bits per heavy atom. The number of halogens is 3. The molecule has 1 aromatic heterocycles. The number of carbonyl (C=O) groups is 1. The van der Waals surface area contributed by atoms with E-state index < -0.39 is 24.1 Å². The summed E-state index contributed by atoms with van der Waals surface area (Å²) in [7, 11) is 0. The molecule has 0 aliphatic heterocycles. The van der Waals surface area contributed by atoms with Crippen LogP contribution < -0.4 is 5.32 Å². The number of thiazole rings is 1. The van der Waals surface area contributed by atoms with Crippen LogP contribution in [-0.2, 0) is 11.0 Å². The van der Waals surface area contributed by atoms with Crippen LogP contribution in [0.3, 0.4) is 0 Å². The molecule has 0 aromatic carbocycles. The minimum Gasteiger partial charge on any atom is -0.390 e. The Hall–Kier alpha value is -1.19. The first-order valence-electron chi connectivity index (χ1n) is 5.35. The van der Waals surface area contributed by atoms with Gasteiger partial charge < -0.3 is 15.5 Å². The summed E-state index contributed by atoms with van der Waals surface area (Å²) in [5.41, 5.74) is -1.10. The summed E-state index contributed by atoms with van der Waals surface area (Å²) in [6.45, 7) is 1.41. The summed E-state index contributed by atoms with van der Waals surface area (Å²) < 4.78 is 36.9. The minimum absolute atomic E-state index is 0.0156. The summed E-state index contributed by atoms with van der Waals surface area (Å²) in [5, 5.41) is 22.2. The van der Waals surface area contributed by atoms with E-state index in [0.29, 0.717) is 11.3 Å². The molecule has 108 valence electrons. The Morgan fingerprint density at radius 3 is 2.63 bits per heavy atom. The molecular formula is C10H13F3N2O3S. The fourth-order valence-electron chi connectivity index (χ4n) is 1.27. The van der Waals surface area contributed by atoms with Gasteiger partial charge in [0.25, 0.3) is 0 Å². The van der Waals surface area contributed by atoms with Crippen LogP contribution in [0, 0.1) is 0 Å². The standard InChI is InChI=1S/C10H13F3N2O3S/c1-5(16)14-3-2-6(17)8(18)9-15-7(4-19-9)10(11,12)13/h4,6,8,17-18H,2-3H2,1H3,(H,14,16). The zero-order valence-electron chi connectivity index (χ0n) is 9.94. The molecule has 0 fully saturated rings. The van der Waals surface area contributed by atoms with Gasteiger partial charge >= 0.3 is 6.18 Å². The molecule has 0 saturated heterocycles. The SMILES string of the molecule is CC(=O)NCCC(O)C(O)c1nc(C(F)(F)F)cs1. The number of aliphatic hydroxyl groups excluding tert-OH is 2. The quantitative estimate of drug-likeness (QED) is 0.760. The summed E-state index contributed by atoms with van der Waals surface area (Å²) in [4.78, 5) is 13.8. The lowest BCUT2D eigenvalue weighted by Crippen LogP contribution is -2.27. The van der Waals surface area contributed by atoms with E-state index in [1.54, 1.807) is 0 Å². The van der Waals surface area contributed by atoms with E-state index in [0.717, 1.165) is 5.38 Å². The molecule has 9 heteroatoms. The third kappa shape index (κ3) is 4.77. The number of amides is 1. The van der Waals surface area contributed by atoms with Crippen LogP contribution in [0.15, 0.2) is 5.38 Å². The molecule has 0 aliphatic rings. The smallest absolute Gasteiger partial charge is 0.390 e. The average molecular weight is 298 g/mol. The van der Waals surface area contributed by atoms with Crippen LogP contribution in [-0.4, -0.2) is 33.8 Å². The summed E-state index contributed by atoms with van der Waals surface area (Å²) in [5.74, 6) is -0.296. The van der Waals surface area contributed by atoms with Gasteiger partial charge in [-0.25, -0.2) is 4.98 Å². The van der Waals surface area contributed by atoms with Crippen LogP contribution in [0.25, 0.3) is 0 Å². The summed E-state index contributed by atoms with van der Waals surface area (Å²) in [6.07, 6.45) is -7.36. The number of hydrogen-bond donors (Lipinski definition) is 3. The highest BCUT2D eigenvalue weighted by Gasteiger charge is 2.35. The average Bonchev–Trinajstić information content (AvgIpc) is 2.76. The van der Waals surface area contributed by atoms with Crippen LogP contribution in [0.4, 0.5) is 13.2 Å². The maximum atomic E-state index is 12.3. The normalized spacial score (nSPS) is 15.1. The van der Waals surface area contributed by atoms with Crippen LogP contribution >= 0.6 is 11.3 Å². The Labute approximate surface area is 111 Å². The maximum Gasteiger partial charge on any atom is 0.434 e. The first kappa shape index (κ1) is 15.9. The Morgan fingerprint density at radius 1 is 1.53 bits per heavy atom. The van der Waals surface area contributed by atoms with Crippen molar-refractivity contribution in [1.82, 2.24) is 10.3 Å². The van der Waals surface area contributed by atoms with Gasteiger partial charge in [-0.1, -0.05) is 0 Å². The second-order valence-electron chi connectivity index (χ2n) is 3.85. The van der Waals surface area contributed by atoms with Crippen molar-refractivity contribution in [2.24, 2.45) is 0 Å². The molecule has 1 rings (SSSR count). The van der Waals surface area contributed by atoms with Gasteiger partial charge in [0.2, 0.25) is 5.91 Å². The largest absolute Gasteiger partial charge is 0.434 e. The second-order valence-corrected chi connectivity index (χ2v) is 4.74. The fraction of sp³-hybridized carbons (Fsp3) is 0.600. The van der Waals surface area contributed by atoms with Crippen molar-refractivity contribution in [2.45, 2.75) is 31.7 Å². The zero-order chi connectivity index (χ0) is 14.6. The number of rotatable bonds is 5. The molecule has 5 nitrogen and oxygen atoms in total. The van der Waals surface area contributed by atoms with Gasteiger partial charge in [0.1, 0.15) is 11.1 Å². The maximum absolute atomic E-state index is 12.3. The van der Waals surface area contributed by atoms with Crippen LogP contribution in [0.1, 0.15) is 30.2 Å². The van der Waals surface area contributed by atoms with Gasteiger partial charge in [-0.3, -0.25) is 4.79 Å². The third-order valence-corrected chi connectivity index (χ3v) is 3.16. The minimum atomic E-state index is -4.57. The van der Waals surface area contributed by atoms with Crippen LogP contribution in [0.2, 0.25) is 0 Å². The molecule has 1 aromatic rings. The Bertz CT molecular complexity index is 436. The Balaban J connectivity index is 2.59. The molecule has 0 bridgehead atoms. The van der Waals surface area contributed by atoms with Gasteiger partial charge in [0, 0.05) is 18.8 Å². The van der Waals surface area contributed by atoms with Crippen molar-refractivity contribution in [3.8, 4) is 0 Å². The highest BCUT2D eigenvalue weighted by Crippen LogP contribution is 2.32. The fourth-order valence-corrected chi connectivity index (χ4v) is 2.14. The molecule has 2 atom stereocenters. The second kappa shape index (κ2) is 6.31. The van der Waals surface area contributed by atoms with Crippen molar-refractivity contribution in [1.29, 1.82) is 0 Å². The molecule has 19 heavy (non-hydrogen) atoms. The van der Waals surface area contributed by atoms with E-state index in [2.05, 4.69) is 10.3 Å². The Kier molecular flexibility index (Phi) is 5.27. The lowest BCUT2D eigenvalue weighted by atomic mass is 10.1. The number of alkyl halides is 3. The summed E-state index contributed by atoms with van der Waals surface area (Å²) in [6, 6.07) is 0. The van der Waals surface area contributed by atoms with Crippen molar-refractivity contribution in [3.05, 3.63) is 16.1 Å². The number of aromatic nitrogens is 1. The first-order chi connectivity index (χ1) is 8.71. The molecule has 2 unspecified atom stereocenters. The number of aliphatic hydroxyl groups is 2. The van der Waals surface area contributed by atoms with Crippen molar-refractivity contribution in [2.75, 3.05) is 6.54 Å². The highest BCUT2D eigenvalue weighted by molar-refractivity contribution is 7.09. The number of nitrogens with zero attached hydrogens (tertiary/aromatic N) is 1. The van der Waals surface area contributed by atoms with Crippen molar-refractivity contribution >= 4 is 17.2 Å². The van der Waals surface area contributed by atoms with E-state index >= 15 is 0 Å². The van der Waals surface area contributed by atoms with E-state index in [9.17, 15) is 28.2 Å². The van der Waals surface area contributed by atoms with Gasteiger partial charge in [-0.2, -0.15) is 13.2 Å². The van der Waals surface area contributed by atoms with Gasteiger partial charge in [-0.05, 0) is 6.42 Å². The lowest BCUT2D eigenvalue weighted by Gasteiger charge is -2.15. The zero-order valence-corrected chi connectivity index (χ0v) is 10.8. The number of nitrogens with one attached hydrogen (secondary N) is 1. The molecule has 1 heterocycles. The topological polar surface area (TPSA) is 82.5 Å².